The summed E-state index contributed by atoms with van der Waals surface area (Å²) in [5, 5.41) is 3.45. The Kier molecular flexibility index (Phi) is 8.66. The first kappa shape index (κ1) is 21.5. The van der Waals surface area contributed by atoms with Gasteiger partial charge in [-0.3, -0.25) is 4.90 Å². The average molecular weight is 390 g/mol. The van der Waals surface area contributed by atoms with Gasteiger partial charge in [0, 0.05) is 18.7 Å². The normalized spacial score (nSPS) is 15.4. The molecule has 154 valence electrons. The summed E-state index contributed by atoms with van der Waals surface area (Å²) in [4.78, 5) is 7.48. The van der Waals surface area contributed by atoms with Gasteiger partial charge < -0.3 is 5.32 Å². The summed E-state index contributed by atoms with van der Waals surface area (Å²) in [5.41, 5.74) is 5.82. The summed E-state index contributed by atoms with van der Waals surface area (Å²) in [6.45, 7) is 9.72. The molecule has 1 aliphatic heterocycles. The second kappa shape index (κ2) is 11.7. The summed E-state index contributed by atoms with van der Waals surface area (Å²) in [7, 11) is 0. The number of benzene rings is 1. The summed E-state index contributed by atoms with van der Waals surface area (Å²) in [6.07, 6.45) is 11.7. The predicted molar refractivity (Wildman–Crippen MR) is 125 cm³/mol. The molecule has 0 unspecified atom stereocenters. The molecule has 1 aromatic carbocycles. The maximum Gasteiger partial charge on any atom is 0.0712 e. The fourth-order valence-electron chi connectivity index (χ4n) is 3.65. The van der Waals surface area contributed by atoms with Gasteiger partial charge in [0.15, 0.2) is 0 Å². The van der Waals surface area contributed by atoms with Gasteiger partial charge in [-0.2, -0.15) is 0 Å². The third-order valence-corrected chi connectivity index (χ3v) is 5.42. The third-order valence-electron chi connectivity index (χ3n) is 5.42. The molecule has 0 atom stereocenters. The van der Waals surface area contributed by atoms with E-state index in [4.69, 9.17) is 4.98 Å². The summed E-state index contributed by atoms with van der Waals surface area (Å²) in [6, 6.07) is 15.1. The highest BCUT2D eigenvalue weighted by Gasteiger charge is 2.12. The van der Waals surface area contributed by atoms with Crippen LogP contribution >= 0.6 is 0 Å². The van der Waals surface area contributed by atoms with Gasteiger partial charge in [-0.15, -0.1) is 0 Å². The van der Waals surface area contributed by atoms with Crippen LogP contribution in [0.1, 0.15) is 55.1 Å². The van der Waals surface area contributed by atoms with Crippen LogP contribution in [0.4, 0.5) is 0 Å². The van der Waals surface area contributed by atoms with Crippen LogP contribution in [0.25, 0.3) is 11.6 Å². The Labute approximate surface area is 176 Å². The lowest BCUT2D eigenvalue weighted by Gasteiger charge is -2.14. The fourth-order valence-corrected chi connectivity index (χ4v) is 3.65. The van der Waals surface area contributed by atoms with Gasteiger partial charge in [-0.25, -0.2) is 4.98 Å². The first-order chi connectivity index (χ1) is 14.3. The molecule has 3 nitrogen and oxygen atoms in total. The molecular weight excluding hydrogens is 354 g/mol. The van der Waals surface area contributed by atoms with Gasteiger partial charge in [-0.05, 0) is 69.6 Å². The van der Waals surface area contributed by atoms with Gasteiger partial charge in [-0.1, -0.05) is 61.4 Å². The molecule has 1 fully saturated rings. The Morgan fingerprint density at radius 3 is 2.66 bits per heavy atom. The van der Waals surface area contributed by atoms with E-state index in [1.54, 1.807) is 0 Å². The predicted octanol–water partition coefficient (Wildman–Crippen LogP) is 5.32. The van der Waals surface area contributed by atoms with E-state index in [0.717, 1.165) is 31.0 Å². The fraction of sp³-hybridized carbons (Fsp3) is 0.423. The number of aromatic nitrogens is 1. The second-order valence-electron chi connectivity index (χ2n) is 7.90. The van der Waals surface area contributed by atoms with Crippen LogP contribution in [0.3, 0.4) is 0 Å². The number of nitrogens with zero attached hydrogens (tertiary/aromatic N) is 2. The van der Waals surface area contributed by atoms with E-state index in [1.165, 1.54) is 55.5 Å². The molecule has 0 bridgehead atoms. The van der Waals surface area contributed by atoms with Crippen LogP contribution in [0.2, 0.25) is 0 Å². The van der Waals surface area contributed by atoms with Crippen molar-refractivity contribution in [1.29, 1.82) is 0 Å². The van der Waals surface area contributed by atoms with Gasteiger partial charge >= 0.3 is 0 Å². The van der Waals surface area contributed by atoms with E-state index in [2.05, 4.69) is 84.8 Å². The molecule has 0 amide bonds. The molecule has 0 spiro atoms. The highest BCUT2D eigenvalue weighted by Crippen LogP contribution is 2.23. The van der Waals surface area contributed by atoms with E-state index < -0.39 is 0 Å². The average Bonchev–Trinajstić information content (AvgIpc) is 3.26. The Bertz CT molecular complexity index is 799. The number of hydrogen-bond acceptors (Lipinski definition) is 3. The van der Waals surface area contributed by atoms with E-state index in [0.29, 0.717) is 0 Å². The minimum absolute atomic E-state index is 0.890. The highest BCUT2D eigenvalue weighted by atomic mass is 15.1. The van der Waals surface area contributed by atoms with E-state index >= 15 is 0 Å². The molecule has 3 heteroatoms. The van der Waals surface area contributed by atoms with Crippen molar-refractivity contribution in [2.75, 3.05) is 32.7 Å². The Hall–Kier alpha value is -2.23. The van der Waals surface area contributed by atoms with Crippen molar-refractivity contribution >= 4 is 11.6 Å². The van der Waals surface area contributed by atoms with Crippen molar-refractivity contribution in [3.05, 3.63) is 77.1 Å². The molecule has 0 saturated carbocycles. The molecule has 0 aliphatic carbocycles. The van der Waals surface area contributed by atoms with Crippen molar-refractivity contribution in [2.24, 2.45) is 0 Å². The molecule has 0 radical (unpaired) electrons. The summed E-state index contributed by atoms with van der Waals surface area (Å²) >= 11 is 0. The van der Waals surface area contributed by atoms with Gasteiger partial charge in [0.1, 0.15) is 0 Å². The van der Waals surface area contributed by atoms with Crippen molar-refractivity contribution in [2.45, 2.75) is 39.5 Å². The number of nitrogens with one attached hydrogen (secondary N) is 1. The molecule has 29 heavy (non-hydrogen) atoms. The smallest absolute Gasteiger partial charge is 0.0712 e. The van der Waals surface area contributed by atoms with Crippen LogP contribution < -0.4 is 5.32 Å². The summed E-state index contributed by atoms with van der Waals surface area (Å²) in [5.74, 6) is 0. The van der Waals surface area contributed by atoms with Crippen molar-refractivity contribution in [1.82, 2.24) is 15.2 Å². The Morgan fingerprint density at radius 1 is 1.10 bits per heavy atom. The number of aryl methyl sites for hydroxylation is 1. The maximum atomic E-state index is 4.95. The SMILES string of the molecule is CCCCNC/C=C/c1cccc(/C(=C/CN2CCCC2)c2ccc(C)cc2)n1. The third kappa shape index (κ3) is 6.95. The minimum Gasteiger partial charge on any atom is -0.313 e. The van der Waals surface area contributed by atoms with Crippen LogP contribution in [0.5, 0.6) is 0 Å². The van der Waals surface area contributed by atoms with Crippen molar-refractivity contribution < 1.29 is 0 Å². The molecule has 2 heterocycles. The minimum atomic E-state index is 0.890. The number of unbranched alkanes of at least 4 members (excludes halogenated alkanes) is 1. The van der Waals surface area contributed by atoms with E-state index in [-0.39, 0.29) is 0 Å². The van der Waals surface area contributed by atoms with E-state index in [1.807, 2.05) is 0 Å². The monoisotopic (exact) mass is 389 g/mol. The molecule has 1 N–H and O–H groups in total. The standard InChI is InChI=1S/C26H35N3/c1-3-4-17-27-18-8-10-24-9-7-11-26(28-24)25(16-21-29-19-5-6-20-29)23-14-12-22(2)13-15-23/h7-16,27H,3-6,17-21H2,1-2H3/b10-8+,25-16+. The largest absolute Gasteiger partial charge is 0.313 e. The van der Waals surface area contributed by atoms with Gasteiger partial charge in [0.2, 0.25) is 0 Å². The zero-order valence-corrected chi connectivity index (χ0v) is 18.0. The van der Waals surface area contributed by atoms with Crippen LogP contribution in [0, 0.1) is 6.92 Å². The topological polar surface area (TPSA) is 28.2 Å². The van der Waals surface area contributed by atoms with E-state index in [9.17, 15) is 0 Å². The Balaban J connectivity index is 1.76. The summed E-state index contributed by atoms with van der Waals surface area (Å²) < 4.78 is 0. The maximum absolute atomic E-state index is 4.95. The van der Waals surface area contributed by atoms with Crippen LogP contribution in [-0.4, -0.2) is 42.6 Å². The molecular formula is C26H35N3. The Morgan fingerprint density at radius 2 is 1.90 bits per heavy atom. The first-order valence-electron chi connectivity index (χ1n) is 11.1. The quantitative estimate of drug-likeness (QED) is 0.557. The lowest BCUT2D eigenvalue weighted by atomic mass is 10.00. The number of rotatable bonds is 10. The first-order valence-corrected chi connectivity index (χ1v) is 11.1. The number of hydrogen-bond donors (Lipinski definition) is 1. The zero-order valence-electron chi connectivity index (χ0n) is 18.0. The van der Waals surface area contributed by atoms with Gasteiger partial charge in [0.05, 0.1) is 11.4 Å². The lowest BCUT2D eigenvalue weighted by molar-refractivity contribution is 0.377. The number of likely N-dealkylation sites (tertiary alicyclic amines) is 1. The molecule has 1 aromatic heterocycles. The number of pyridine rings is 1. The van der Waals surface area contributed by atoms with Crippen LogP contribution in [-0.2, 0) is 0 Å². The second-order valence-corrected chi connectivity index (χ2v) is 7.90. The lowest BCUT2D eigenvalue weighted by Crippen LogP contribution is -2.19. The van der Waals surface area contributed by atoms with Gasteiger partial charge in [0.25, 0.3) is 0 Å². The molecule has 2 aromatic rings. The highest BCUT2D eigenvalue weighted by molar-refractivity contribution is 5.78. The van der Waals surface area contributed by atoms with Crippen molar-refractivity contribution in [3.63, 3.8) is 0 Å². The molecule has 3 rings (SSSR count). The molecule has 1 aliphatic rings. The van der Waals surface area contributed by atoms with Crippen LogP contribution in [0.15, 0.2) is 54.6 Å². The zero-order chi connectivity index (χ0) is 20.3. The van der Waals surface area contributed by atoms with Crippen molar-refractivity contribution in [3.8, 4) is 0 Å². The molecule has 1 saturated heterocycles.